The van der Waals surface area contributed by atoms with E-state index in [1.165, 1.54) is 36.5 Å². The van der Waals surface area contributed by atoms with E-state index in [2.05, 4.69) is 21.3 Å². The molecule has 4 aliphatic rings. The number of aromatic nitrogens is 2. The Labute approximate surface area is 345 Å². The lowest BCUT2D eigenvalue weighted by Gasteiger charge is -2.29. The van der Waals surface area contributed by atoms with Crippen LogP contribution < -0.4 is 21.3 Å². The average molecular weight is 891 g/mol. The van der Waals surface area contributed by atoms with E-state index in [4.69, 9.17) is 18.9 Å². The van der Waals surface area contributed by atoms with Gasteiger partial charge in [-0.25, -0.2) is 24.8 Å². The monoisotopic (exact) mass is 890 g/mol. The number of benzene rings is 2. The number of nitrogens with one attached hydrogen (secondary N) is 4. The Kier molecular flexibility index (Phi) is 11.3. The highest BCUT2D eigenvalue weighted by Gasteiger charge is 2.36. The summed E-state index contributed by atoms with van der Waals surface area (Å²) >= 11 is 0. The Bertz CT molecular complexity index is 2650. The van der Waals surface area contributed by atoms with Crippen LogP contribution in [0, 0.1) is 0 Å². The number of nitrogens with zero attached hydrogens (tertiary/aromatic N) is 2. The molecule has 61 heavy (non-hydrogen) atoms. The first kappa shape index (κ1) is 42.1. The van der Waals surface area contributed by atoms with Gasteiger partial charge in [-0.3, -0.25) is 19.2 Å². The molecule has 0 radical (unpaired) electrons. The predicted molar refractivity (Wildman–Crippen MR) is 205 cm³/mol. The molecule has 0 spiro atoms. The molecule has 3 atom stereocenters. The predicted octanol–water partition coefficient (Wildman–Crippen LogP) is 2.81. The fourth-order valence-corrected chi connectivity index (χ4v) is 10.3. The van der Waals surface area contributed by atoms with Gasteiger partial charge < -0.3 is 40.2 Å². The molecule has 2 saturated heterocycles. The molecule has 0 bridgehead atoms. The molecular formula is C38H37F3N6O12S2. The highest BCUT2D eigenvalue weighted by molar-refractivity contribution is 7.90. The zero-order chi connectivity index (χ0) is 43.3. The van der Waals surface area contributed by atoms with Crippen molar-refractivity contribution in [2.75, 3.05) is 56.8 Å². The Morgan fingerprint density at radius 2 is 1.26 bits per heavy atom. The zero-order valence-corrected chi connectivity index (χ0v) is 33.5. The van der Waals surface area contributed by atoms with Crippen LogP contribution >= 0.6 is 0 Å². The Balaban J connectivity index is 0.850. The minimum absolute atomic E-state index is 0.00675. The molecule has 3 unspecified atom stereocenters. The third kappa shape index (κ3) is 8.65. The molecule has 4 aromatic rings. The standard InChI is InChI=1S/C38H37F3N6O12S2/c39-38(40,41)15-21-11-29-36(50)44-27-12-22(1-3-32(27)60(52,53)46(29)16-21)35(49)43-8-6-26-19-59-31(20-58-26)24-14-30-37(51)45-28-13-23(2-4-33(28)61(54,55)47(30)17-24)34(48)42-7-5-25-18-56-9-10-57-25/h1-4,11-14,16-17,25-26,31H,5-10,15,18-20H2,(H,42,48)(H,43,49)(H,44,50)(H,45,51). The number of carbonyl (C=O) groups is 4. The molecule has 8 rings (SSSR count). The summed E-state index contributed by atoms with van der Waals surface area (Å²) in [7, 11) is -8.80. The topological polar surface area (TPSA) is 231 Å². The number of rotatable bonds is 10. The minimum atomic E-state index is -4.63. The van der Waals surface area contributed by atoms with Crippen molar-refractivity contribution in [1.82, 2.24) is 18.6 Å². The van der Waals surface area contributed by atoms with Crippen molar-refractivity contribution in [3.63, 3.8) is 0 Å². The number of hydrogen-bond donors (Lipinski definition) is 4. The van der Waals surface area contributed by atoms with Gasteiger partial charge in [0.05, 0.1) is 63.0 Å². The lowest BCUT2D eigenvalue weighted by atomic mass is 10.1. The lowest BCUT2D eigenvalue weighted by molar-refractivity contribution is -0.136. The van der Waals surface area contributed by atoms with Gasteiger partial charge in [-0.05, 0) is 66.9 Å². The summed E-state index contributed by atoms with van der Waals surface area (Å²) in [5.74, 6) is -2.78. The number of fused-ring (bicyclic) bond motifs is 4. The van der Waals surface area contributed by atoms with Crippen molar-refractivity contribution in [3.05, 3.63) is 94.6 Å². The molecule has 2 aromatic heterocycles. The highest BCUT2D eigenvalue weighted by atomic mass is 32.2. The Hall–Kier alpha value is -5.59. The molecule has 2 aromatic carbocycles. The number of hydrogen-bond acceptors (Lipinski definition) is 12. The van der Waals surface area contributed by atoms with Crippen LogP contribution in [0.5, 0.6) is 0 Å². The van der Waals surface area contributed by atoms with E-state index in [1.54, 1.807) is 0 Å². The van der Waals surface area contributed by atoms with E-state index in [-0.39, 0.29) is 65.4 Å². The minimum Gasteiger partial charge on any atom is -0.376 e. The van der Waals surface area contributed by atoms with E-state index >= 15 is 0 Å². The number of ether oxygens (including phenoxy) is 4. The Morgan fingerprint density at radius 3 is 1.79 bits per heavy atom. The summed E-state index contributed by atoms with van der Waals surface area (Å²) in [6.45, 7) is 1.84. The maximum absolute atomic E-state index is 13.8. The molecule has 6 heterocycles. The van der Waals surface area contributed by atoms with Crippen molar-refractivity contribution in [3.8, 4) is 0 Å². The fraction of sp³-hybridized carbons (Fsp3) is 0.368. The second-order valence-corrected chi connectivity index (χ2v) is 18.1. The van der Waals surface area contributed by atoms with E-state index < -0.39 is 84.6 Å². The molecule has 324 valence electrons. The van der Waals surface area contributed by atoms with E-state index in [0.29, 0.717) is 42.3 Å². The van der Waals surface area contributed by atoms with E-state index in [0.717, 1.165) is 28.4 Å². The SMILES string of the molecule is O=C(NCCC1COCCO1)c1ccc2c(c1)NC(=O)c1cc(C3COC(CCNC(=O)c4ccc5c(c4)NC(=O)c4cc(CC(F)(F)F)cn4S5(=O)=O)CO3)cn1S2(=O)=O. The van der Waals surface area contributed by atoms with Gasteiger partial charge in [-0.1, -0.05) is 0 Å². The second kappa shape index (κ2) is 16.4. The van der Waals surface area contributed by atoms with Crippen molar-refractivity contribution < 1.29 is 68.1 Å². The van der Waals surface area contributed by atoms with Gasteiger partial charge in [0.15, 0.2) is 0 Å². The number of anilines is 2. The molecule has 23 heteroatoms. The van der Waals surface area contributed by atoms with E-state index in [1.807, 2.05) is 0 Å². The molecule has 4 amide bonds. The van der Waals surface area contributed by atoms with Gasteiger partial charge in [0.1, 0.15) is 27.3 Å². The average Bonchev–Trinajstić information content (AvgIpc) is 3.84. The molecular weight excluding hydrogens is 854 g/mol. The van der Waals surface area contributed by atoms with Gasteiger partial charge in [0, 0.05) is 42.2 Å². The fourth-order valence-electron chi connectivity index (χ4n) is 7.27. The first-order valence-corrected chi connectivity index (χ1v) is 21.8. The molecule has 2 fully saturated rings. The van der Waals surface area contributed by atoms with Crippen LogP contribution in [0.4, 0.5) is 24.5 Å². The normalized spacial score (nSPS) is 21.6. The smallest absolute Gasteiger partial charge is 0.376 e. The number of alkyl halides is 3. The van der Waals surface area contributed by atoms with Crippen LogP contribution in [0.1, 0.15) is 71.8 Å². The van der Waals surface area contributed by atoms with Gasteiger partial charge >= 0.3 is 6.18 Å². The maximum atomic E-state index is 13.8. The summed E-state index contributed by atoms with van der Waals surface area (Å²) in [4.78, 5) is 51.4. The molecule has 0 aliphatic carbocycles. The van der Waals surface area contributed by atoms with Crippen LogP contribution in [-0.4, -0.2) is 113 Å². The lowest BCUT2D eigenvalue weighted by Crippen LogP contribution is -2.35. The first-order chi connectivity index (χ1) is 29.0. The number of carbonyl (C=O) groups excluding carboxylic acids is 4. The number of amides is 4. The molecule has 4 N–H and O–H groups in total. The van der Waals surface area contributed by atoms with Crippen LogP contribution in [0.15, 0.2) is 70.7 Å². The maximum Gasteiger partial charge on any atom is 0.393 e. The summed E-state index contributed by atoms with van der Waals surface area (Å²) < 4.78 is 117. The highest BCUT2D eigenvalue weighted by Crippen LogP contribution is 2.35. The van der Waals surface area contributed by atoms with Crippen molar-refractivity contribution in [2.24, 2.45) is 0 Å². The molecule has 18 nitrogen and oxygen atoms in total. The van der Waals surface area contributed by atoms with Gasteiger partial charge in [0.25, 0.3) is 43.7 Å². The van der Waals surface area contributed by atoms with Crippen LogP contribution in [-0.2, 0) is 45.4 Å². The van der Waals surface area contributed by atoms with Gasteiger partial charge in [-0.2, -0.15) is 13.2 Å². The molecule has 4 aliphatic heterocycles. The van der Waals surface area contributed by atoms with Crippen LogP contribution in [0.25, 0.3) is 0 Å². The summed E-state index contributed by atoms with van der Waals surface area (Å²) in [5.41, 5.74) is -0.888. The quantitative estimate of drug-likeness (QED) is 0.180. The zero-order valence-electron chi connectivity index (χ0n) is 31.8. The van der Waals surface area contributed by atoms with Crippen LogP contribution in [0.3, 0.4) is 0 Å². The van der Waals surface area contributed by atoms with Crippen molar-refractivity contribution in [1.29, 1.82) is 0 Å². The third-order valence-corrected chi connectivity index (χ3v) is 13.8. The van der Waals surface area contributed by atoms with Crippen molar-refractivity contribution >= 4 is 55.1 Å². The summed E-state index contributed by atoms with van der Waals surface area (Å²) in [6, 6.07) is 9.58. The second-order valence-electron chi connectivity index (χ2n) is 14.6. The van der Waals surface area contributed by atoms with Gasteiger partial charge in [-0.15, -0.1) is 0 Å². The van der Waals surface area contributed by atoms with E-state index in [9.17, 15) is 49.2 Å². The Morgan fingerprint density at radius 1 is 0.705 bits per heavy atom. The van der Waals surface area contributed by atoms with Crippen molar-refractivity contribution in [2.45, 2.75) is 53.5 Å². The summed E-state index contributed by atoms with van der Waals surface area (Å²) in [5, 5.41) is 10.4. The van der Waals surface area contributed by atoms with Gasteiger partial charge in [0.2, 0.25) is 0 Å². The first-order valence-electron chi connectivity index (χ1n) is 18.9. The molecule has 0 saturated carbocycles. The number of halogens is 3. The third-order valence-electron chi connectivity index (χ3n) is 10.3. The largest absolute Gasteiger partial charge is 0.393 e. The van der Waals surface area contributed by atoms with Crippen LogP contribution in [0.2, 0.25) is 0 Å². The summed E-state index contributed by atoms with van der Waals surface area (Å²) in [6.07, 6.45) is -4.62.